The molecule has 14 heavy (non-hydrogen) atoms. The lowest BCUT2D eigenvalue weighted by molar-refractivity contribution is -0.0402. The molecule has 0 bridgehead atoms. The largest absolute Gasteiger partial charge is 0.394 e. The van der Waals surface area contributed by atoms with Crippen molar-refractivity contribution < 1.29 is 10.2 Å². The van der Waals surface area contributed by atoms with Gasteiger partial charge in [-0.15, -0.1) is 0 Å². The molecule has 0 saturated carbocycles. The maximum atomic E-state index is 10.2. The molecule has 0 unspecified atom stereocenters. The summed E-state index contributed by atoms with van der Waals surface area (Å²) >= 11 is 0. The minimum Gasteiger partial charge on any atom is -0.394 e. The third kappa shape index (κ3) is 1.80. The van der Waals surface area contributed by atoms with Gasteiger partial charge in [-0.1, -0.05) is 30.3 Å². The van der Waals surface area contributed by atoms with E-state index < -0.39 is 11.1 Å². The topological polar surface area (TPSA) is 66.5 Å². The second-order valence-electron chi connectivity index (χ2n) is 4.01. The molecular weight excluding hydrogens is 178 g/mol. The Morgan fingerprint density at radius 1 is 1.21 bits per heavy atom. The van der Waals surface area contributed by atoms with E-state index >= 15 is 0 Å². The van der Waals surface area contributed by atoms with E-state index in [1.807, 2.05) is 18.2 Å². The summed E-state index contributed by atoms with van der Waals surface area (Å²) in [5.74, 6) is 0. The first-order valence-electron chi connectivity index (χ1n) is 4.59. The van der Waals surface area contributed by atoms with Crippen LogP contribution in [0.2, 0.25) is 0 Å². The van der Waals surface area contributed by atoms with Gasteiger partial charge < -0.3 is 15.9 Å². The Morgan fingerprint density at radius 3 is 2.14 bits per heavy atom. The minimum atomic E-state index is -1.23. The summed E-state index contributed by atoms with van der Waals surface area (Å²) in [7, 11) is 0. The van der Waals surface area contributed by atoms with Gasteiger partial charge in [0.2, 0.25) is 0 Å². The first kappa shape index (κ1) is 11.2. The molecule has 78 valence electrons. The molecule has 0 aliphatic heterocycles. The molecule has 0 saturated heterocycles. The predicted molar refractivity (Wildman–Crippen MR) is 55.7 cm³/mol. The molecule has 0 aliphatic carbocycles. The average Bonchev–Trinajstić information content (AvgIpc) is 2.19. The highest BCUT2D eigenvalue weighted by atomic mass is 16.3. The van der Waals surface area contributed by atoms with Crippen molar-refractivity contribution >= 4 is 0 Å². The van der Waals surface area contributed by atoms with Gasteiger partial charge in [0.05, 0.1) is 12.1 Å². The van der Waals surface area contributed by atoms with Crippen molar-refractivity contribution in [2.24, 2.45) is 5.73 Å². The van der Waals surface area contributed by atoms with Crippen molar-refractivity contribution in [2.45, 2.75) is 25.0 Å². The zero-order valence-corrected chi connectivity index (χ0v) is 8.57. The van der Waals surface area contributed by atoms with E-state index in [0.29, 0.717) is 5.56 Å². The molecule has 3 nitrogen and oxygen atoms in total. The Kier molecular flexibility index (Phi) is 2.95. The molecule has 0 aliphatic rings. The van der Waals surface area contributed by atoms with Gasteiger partial charge in [0.15, 0.2) is 0 Å². The molecular formula is C11H17NO2. The molecule has 0 aromatic heterocycles. The van der Waals surface area contributed by atoms with E-state index in [-0.39, 0.29) is 6.61 Å². The third-order valence-corrected chi connectivity index (χ3v) is 2.78. The maximum Gasteiger partial charge on any atom is 0.107 e. The van der Waals surface area contributed by atoms with Gasteiger partial charge in [0.25, 0.3) is 0 Å². The van der Waals surface area contributed by atoms with Crippen LogP contribution in [0.15, 0.2) is 30.3 Å². The van der Waals surface area contributed by atoms with Gasteiger partial charge >= 0.3 is 0 Å². The van der Waals surface area contributed by atoms with E-state index in [4.69, 9.17) is 10.8 Å². The molecule has 1 aromatic rings. The zero-order chi connectivity index (χ0) is 10.8. The van der Waals surface area contributed by atoms with Crippen molar-refractivity contribution in [1.82, 2.24) is 0 Å². The summed E-state index contributed by atoms with van der Waals surface area (Å²) in [6, 6.07) is 9.11. The highest BCUT2D eigenvalue weighted by Crippen LogP contribution is 2.30. The monoisotopic (exact) mass is 195 g/mol. The zero-order valence-electron chi connectivity index (χ0n) is 8.57. The molecule has 0 heterocycles. The second-order valence-corrected chi connectivity index (χ2v) is 4.01. The SMILES string of the molecule is C[C@](N)(CO)[C@](C)(O)c1ccccc1. The van der Waals surface area contributed by atoms with Crippen LogP contribution in [0, 0.1) is 0 Å². The lowest BCUT2D eigenvalue weighted by Crippen LogP contribution is -2.57. The van der Waals surface area contributed by atoms with E-state index in [1.54, 1.807) is 26.0 Å². The van der Waals surface area contributed by atoms with Crippen LogP contribution in [0.5, 0.6) is 0 Å². The third-order valence-electron chi connectivity index (χ3n) is 2.78. The van der Waals surface area contributed by atoms with Gasteiger partial charge in [0, 0.05) is 0 Å². The molecule has 0 amide bonds. The summed E-state index contributed by atoms with van der Waals surface area (Å²) in [4.78, 5) is 0. The van der Waals surface area contributed by atoms with E-state index in [0.717, 1.165) is 0 Å². The standard InChI is InChI=1S/C11H17NO2/c1-10(12,8-13)11(2,14)9-6-4-3-5-7-9/h3-7,13-14H,8,12H2,1-2H3/t10-,11+/m0/s1. The molecule has 0 fully saturated rings. The van der Waals surface area contributed by atoms with Gasteiger partial charge in [0.1, 0.15) is 5.60 Å². The van der Waals surface area contributed by atoms with Crippen LogP contribution in [0.4, 0.5) is 0 Å². The van der Waals surface area contributed by atoms with Gasteiger partial charge in [-0.05, 0) is 19.4 Å². The summed E-state index contributed by atoms with van der Waals surface area (Å²) in [5, 5.41) is 19.3. The number of hydrogen-bond acceptors (Lipinski definition) is 3. The number of benzene rings is 1. The fraction of sp³-hybridized carbons (Fsp3) is 0.455. The van der Waals surface area contributed by atoms with Crippen LogP contribution in [0.1, 0.15) is 19.4 Å². The minimum absolute atomic E-state index is 0.269. The number of rotatable bonds is 3. The first-order valence-corrected chi connectivity index (χ1v) is 4.59. The normalized spacial score (nSPS) is 19.8. The van der Waals surface area contributed by atoms with Crippen LogP contribution >= 0.6 is 0 Å². The van der Waals surface area contributed by atoms with E-state index in [9.17, 15) is 5.11 Å². The highest BCUT2D eigenvalue weighted by molar-refractivity contribution is 5.25. The Balaban J connectivity index is 3.08. The van der Waals surface area contributed by atoms with Crippen LogP contribution in [-0.4, -0.2) is 22.4 Å². The summed E-state index contributed by atoms with van der Waals surface area (Å²) in [6.07, 6.45) is 0. The Labute approximate surface area is 84.2 Å². The molecule has 0 radical (unpaired) electrons. The number of nitrogens with two attached hydrogens (primary N) is 1. The first-order chi connectivity index (χ1) is 6.42. The van der Waals surface area contributed by atoms with E-state index in [2.05, 4.69) is 0 Å². The number of aliphatic hydroxyl groups excluding tert-OH is 1. The molecule has 3 heteroatoms. The van der Waals surface area contributed by atoms with Crippen LogP contribution in [0.3, 0.4) is 0 Å². The predicted octanol–water partition coefficient (Wildman–Crippen LogP) is 0.604. The van der Waals surface area contributed by atoms with Crippen molar-refractivity contribution in [1.29, 1.82) is 0 Å². The van der Waals surface area contributed by atoms with Crippen LogP contribution in [-0.2, 0) is 5.60 Å². The van der Waals surface area contributed by atoms with Gasteiger partial charge in [-0.3, -0.25) is 0 Å². The lowest BCUT2D eigenvalue weighted by Gasteiger charge is -2.38. The van der Waals surface area contributed by atoms with Crippen molar-refractivity contribution in [3.05, 3.63) is 35.9 Å². The Morgan fingerprint density at radius 2 is 1.71 bits per heavy atom. The summed E-state index contributed by atoms with van der Waals surface area (Å²) in [6.45, 7) is 2.97. The van der Waals surface area contributed by atoms with E-state index in [1.165, 1.54) is 0 Å². The maximum absolute atomic E-state index is 10.2. The van der Waals surface area contributed by atoms with Crippen LogP contribution < -0.4 is 5.73 Å². The fourth-order valence-corrected chi connectivity index (χ4v) is 1.25. The number of hydrogen-bond donors (Lipinski definition) is 3. The van der Waals surface area contributed by atoms with Gasteiger partial charge in [-0.2, -0.15) is 0 Å². The molecule has 0 spiro atoms. The number of aliphatic hydroxyl groups is 2. The fourth-order valence-electron chi connectivity index (χ4n) is 1.25. The molecule has 2 atom stereocenters. The Bertz CT molecular complexity index is 293. The summed E-state index contributed by atoms with van der Waals surface area (Å²) < 4.78 is 0. The van der Waals surface area contributed by atoms with Crippen molar-refractivity contribution in [3.8, 4) is 0 Å². The highest BCUT2D eigenvalue weighted by Gasteiger charge is 2.40. The van der Waals surface area contributed by atoms with Crippen LogP contribution in [0.25, 0.3) is 0 Å². The Hall–Kier alpha value is -0.900. The molecule has 1 rings (SSSR count). The van der Waals surface area contributed by atoms with Crippen molar-refractivity contribution in [3.63, 3.8) is 0 Å². The van der Waals surface area contributed by atoms with Gasteiger partial charge in [-0.25, -0.2) is 0 Å². The smallest absolute Gasteiger partial charge is 0.107 e. The second kappa shape index (κ2) is 3.69. The molecule has 4 N–H and O–H groups in total. The quantitative estimate of drug-likeness (QED) is 0.661. The lowest BCUT2D eigenvalue weighted by atomic mass is 9.79. The summed E-state index contributed by atoms with van der Waals surface area (Å²) in [5.41, 5.74) is 4.25. The van der Waals surface area contributed by atoms with Crippen molar-refractivity contribution in [2.75, 3.05) is 6.61 Å². The molecule has 1 aromatic carbocycles. The average molecular weight is 195 g/mol.